The molecule has 1 aromatic heterocycles. The maximum Gasteiger partial charge on any atom is 0.274 e. The van der Waals surface area contributed by atoms with Gasteiger partial charge in [-0.2, -0.15) is 0 Å². The molecule has 3 rings (SSSR count). The Bertz CT molecular complexity index is 862. The molecule has 2 amide bonds. The summed E-state index contributed by atoms with van der Waals surface area (Å²) in [7, 11) is 0. The van der Waals surface area contributed by atoms with Crippen LogP contribution in [0.1, 0.15) is 31.2 Å². The Labute approximate surface area is 155 Å². The van der Waals surface area contributed by atoms with Crippen LogP contribution in [0.15, 0.2) is 72.1 Å². The lowest BCUT2D eigenvalue weighted by atomic mass is 10.1. The van der Waals surface area contributed by atoms with Crippen LogP contribution < -0.4 is 5.48 Å². The summed E-state index contributed by atoms with van der Waals surface area (Å²) >= 11 is 1.61. The summed E-state index contributed by atoms with van der Waals surface area (Å²) in [5.74, 6) is -0.608. The Morgan fingerprint density at radius 2 is 1.62 bits per heavy atom. The van der Waals surface area contributed by atoms with Gasteiger partial charge in [0.1, 0.15) is 0 Å². The topological polar surface area (TPSA) is 69.6 Å². The highest BCUT2D eigenvalue weighted by molar-refractivity contribution is 7.09. The van der Waals surface area contributed by atoms with Crippen molar-refractivity contribution in [1.82, 2.24) is 10.4 Å². The predicted molar refractivity (Wildman–Crippen MR) is 100 cm³/mol. The minimum Gasteiger partial charge on any atom is -0.329 e. The molecule has 2 aromatic carbocycles. The Morgan fingerprint density at radius 1 is 0.885 bits per heavy atom. The summed E-state index contributed by atoms with van der Waals surface area (Å²) in [6, 6.07) is 20.0. The summed E-state index contributed by atoms with van der Waals surface area (Å²) in [4.78, 5) is 27.2. The number of carbonyl (C=O) groups excluding carboxylic acids is 2. The molecule has 5 nitrogen and oxygen atoms in total. The quantitative estimate of drug-likeness (QED) is 0.516. The first-order valence-corrected chi connectivity index (χ1v) is 8.95. The van der Waals surface area contributed by atoms with Gasteiger partial charge >= 0.3 is 0 Å². The van der Waals surface area contributed by atoms with Gasteiger partial charge in [-0.15, -0.1) is 11.3 Å². The number of thiophene rings is 1. The number of benzene rings is 2. The maximum absolute atomic E-state index is 12.9. The van der Waals surface area contributed by atoms with Crippen LogP contribution in [-0.2, 0) is 13.1 Å². The molecule has 0 radical (unpaired) electrons. The Balaban J connectivity index is 1.81. The van der Waals surface area contributed by atoms with E-state index < -0.39 is 5.91 Å². The van der Waals surface area contributed by atoms with Gasteiger partial charge in [0.25, 0.3) is 11.8 Å². The number of hydrogen-bond acceptors (Lipinski definition) is 4. The molecule has 0 aliphatic heterocycles. The third-order valence-electron chi connectivity index (χ3n) is 3.93. The number of amides is 2. The average Bonchev–Trinajstić information content (AvgIpc) is 3.20. The lowest BCUT2D eigenvalue weighted by Crippen LogP contribution is -2.29. The zero-order valence-electron chi connectivity index (χ0n) is 14.0. The highest BCUT2D eigenvalue weighted by Crippen LogP contribution is 2.17. The Morgan fingerprint density at radius 3 is 2.23 bits per heavy atom. The summed E-state index contributed by atoms with van der Waals surface area (Å²) in [5, 5.41) is 10.7. The van der Waals surface area contributed by atoms with Gasteiger partial charge < -0.3 is 4.90 Å². The standard InChI is InChI=1S/C20H18N2O3S/c23-19(21-25)16-10-8-15(9-11-16)13-22(14-18-7-4-12-26-18)20(24)17-5-2-1-3-6-17/h1-12,25H,13-14H2,(H,21,23). The van der Waals surface area contributed by atoms with Gasteiger partial charge in [0.2, 0.25) is 0 Å². The van der Waals surface area contributed by atoms with E-state index in [1.807, 2.05) is 35.7 Å². The predicted octanol–water partition coefficient (Wildman–Crippen LogP) is 3.71. The van der Waals surface area contributed by atoms with Gasteiger partial charge in [-0.3, -0.25) is 14.8 Å². The number of nitrogens with zero attached hydrogens (tertiary/aromatic N) is 1. The summed E-state index contributed by atoms with van der Waals surface area (Å²) in [5.41, 5.74) is 3.51. The van der Waals surface area contributed by atoms with Gasteiger partial charge in [-0.05, 0) is 41.3 Å². The summed E-state index contributed by atoms with van der Waals surface area (Å²) in [6.45, 7) is 0.941. The molecule has 0 bridgehead atoms. The fraction of sp³-hybridized carbons (Fsp3) is 0.100. The Kier molecular flexibility index (Phi) is 5.78. The van der Waals surface area contributed by atoms with Gasteiger partial charge in [-0.25, -0.2) is 5.48 Å². The van der Waals surface area contributed by atoms with Crippen LogP contribution in [0.3, 0.4) is 0 Å². The average molecular weight is 366 g/mol. The van der Waals surface area contributed by atoms with Crippen molar-refractivity contribution in [3.63, 3.8) is 0 Å². The van der Waals surface area contributed by atoms with E-state index in [-0.39, 0.29) is 5.91 Å². The first-order chi connectivity index (χ1) is 12.7. The molecule has 0 aliphatic carbocycles. The molecule has 132 valence electrons. The van der Waals surface area contributed by atoms with Crippen molar-refractivity contribution in [1.29, 1.82) is 0 Å². The van der Waals surface area contributed by atoms with E-state index in [1.54, 1.807) is 58.1 Å². The third-order valence-corrected chi connectivity index (χ3v) is 4.79. The molecule has 1 heterocycles. The molecule has 0 spiro atoms. The molecule has 0 aliphatic rings. The first kappa shape index (κ1) is 17.8. The minimum absolute atomic E-state index is 0.0452. The van der Waals surface area contributed by atoms with Crippen LogP contribution in [0.2, 0.25) is 0 Å². The van der Waals surface area contributed by atoms with E-state index in [0.717, 1.165) is 10.4 Å². The van der Waals surface area contributed by atoms with Crippen molar-refractivity contribution in [3.05, 3.63) is 93.7 Å². The summed E-state index contributed by atoms with van der Waals surface area (Å²) < 4.78 is 0. The largest absolute Gasteiger partial charge is 0.329 e. The molecular formula is C20H18N2O3S. The van der Waals surface area contributed by atoms with Crippen molar-refractivity contribution in [2.24, 2.45) is 0 Å². The zero-order valence-corrected chi connectivity index (χ0v) is 14.8. The van der Waals surface area contributed by atoms with Gasteiger partial charge in [0, 0.05) is 22.5 Å². The smallest absolute Gasteiger partial charge is 0.274 e. The molecule has 26 heavy (non-hydrogen) atoms. The number of rotatable bonds is 6. The number of carbonyl (C=O) groups is 2. The highest BCUT2D eigenvalue weighted by atomic mass is 32.1. The molecule has 0 saturated carbocycles. The van der Waals surface area contributed by atoms with Crippen molar-refractivity contribution >= 4 is 23.2 Å². The number of hydroxylamine groups is 1. The van der Waals surface area contributed by atoms with E-state index in [4.69, 9.17) is 5.21 Å². The molecule has 3 aromatic rings. The van der Waals surface area contributed by atoms with Crippen LogP contribution in [0.4, 0.5) is 0 Å². The second-order valence-electron chi connectivity index (χ2n) is 5.74. The van der Waals surface area contributed by atoms with E-state index in [2.05, 4.69) is 0 Å². The SMILES string of the molecule is O=C(NO)c1ccc(CN(Cc2cccs2)C(=O)c2ccccc2)cc1. The van der Waals surface area contributed by atoms with E-state index in [0.29, 0.717) is 24.2 Å². The minimum atomic E-state index is -0.563. The molecule has 0 unspecified atom stereocenters. The van der Waals surface area contributed by atoms with Crippen molar-refractivity contribution in [2.45, 2.75) is 13.1 Å². The zero-order chi connectivity index (χ0) is 18.4. The molecule has 0 fully saturated rings. The number of hydrogen-bond donors (Lipinski definition) is 2. The fourth-order valence-corrected chi connectivity index (χ4v) is 3.32. The van der Waals surface area contributed by atoms with E-state index in [9.17, 15) is 9.59 Å². The van der Waals surface area contributed by atoms with Crippen LogP contribution >= 0.6 is 11.3 Å². The van der Waals surface area contributed by atoms with E-state index in [1.165, 1.54) is 0 Å². The molecule has 0 saturated heterocycles. The molecule has 6 heteroatoms. The second kappa shape index (κ2) is 8.42. The van der Waals surface area contributed by atoms with Crippen LogP contribution in [0.5, 0.6) is 0 Å². The van der Waals surface area contributed by atoms with Gasteiger partial charge in [0.05, 0.1) is 6.54 Å². The first-order valence-electron chi connectivity index (χ1n) is 8.07. The molecule has 0 atom stereocenters. The highest BCUT2D eigenvalue weighted by Gasteiger charge is 2.17. The van der Waals surface area contributed by atoms with Crippen molar-refractivity contribution in [2.75, 3.05) is 0 Å². The van der Waals surface area contributed by atoms with E-state index >= 15 is 0 Å². The lowest BCUT2D eigenvalue weighted by Gasteiger charge is -2.22. The van der Waals surface area contributed by atoms with Crippen LogP contribution in [0.25, 0.3) is 0 Å². The maximum atomic E-state index is 12.9. The monoisotopic (exact) mass is 366 g/mol. The second-order valence-corrected chi connectivity index (χ2v) is 6.78. The van der Waals surface area contributed by atoms with Crippen molar-refractivity contribution < 1.29 is 14.8 Å². The van der Waals surface area contributed by atoms with Gasteiger partial charge in [-0.1, -0.05) is 36.4 Å². The van der Waals surface area contributed by atoms with Gasteiger partial charge in [0.15, 0.2) is 0 Å². The summed E-state index contributed by atoms with van der Waals surface area (Å²) in [6.07, 6.45) is 0. The normalized spacial score (nSPS) is 10.3. The van der Waals surface area contributed by atoms with Crippen LogP contribution in [-0.4, -0.2) is 21.9 Å². The van der Waals surface area contributed by atoms with Crippen LogP contribution in [0, 0.1) is 0 Å². The molecule has 2 N–H and O–H groups in total. The third kappa shape index (κ3) is 4.36. The fourth-order valence-electron chi connectivity index (χ4n) is 2.60. The molecular weight excluding hydrogens is 348 g/mol. The van der Waals surface area contributed by atoms with Crippen molar-refractivity contribution in [3.8, 4) is 0 Å². The number of nitrogens with one attached hydrogen (secondary N) is 1. The lowest BCUT2D eigenvalue weighted by molar-refractivity contribution is 0.0704. The Hall–Kier alpha value is -2.96.